The van der Waals surface area contributed by atoms with Crippen molar-refractivity contribution in [1.82, 2.24) is 10.2 Å². The fraction of sp³-hybridized carbons (Fsp3) is 0.800. The summed E-state index contributed by atoms with van der Waals surface area (Å²) in [6.07, 6.45) is -0.731. The minimum Gasteiger partial charge on any atom is -0.313 e. The maximum atomic E-state index is 11.0. The van der Waals surface area contributed by atoms with E-state index in [1.54, 1.807) is 0 Å². The zero-order valence-corrected chi connectivity index (χ0v) is 7.58. The summed E-state index contributed by atoms with van der Waals surface area (Å²) in [7, 11) is -2.70. The van der Waals surface area contributed by atoms with Gasteiger partial charge in [-0.05, 0) is 0 Å². The van der Waals surface area contributed by atoms with Gasteiger partial charge in [-0.1, -0.05) is 0 Å². The first-order chi connectivity index (χ1) is 6.20. The topological polar surface area (TPSA) is 88.1 Å². The number of rotatable bonds is 1. The molecule has 0 spiro atoms. The number of amides is 1. The van der Waals surface area contributed by atoms with E-state index in [0.29, 0.717) is 26.2 Å². The number of nitrogens with zero attached hydrogens (tertiary/aromatic N) is 2. The maximum Gasteiger partial charge on any atom is 0.437 e. The molecule has 0 bridgehead atoms. The zero-order chi connectivity index (χ0) is 9.68. The standard InChI is InChI=1S/C5H9N3O4S/c9-5(12-7-13(10)11)8-3-1-6-2-4-8/h6H,1-4H2. The highest BCUT2D eigenvalue weighted by Crippen LogP contribution is 1.96. The zero-order valence-electron chi connectivity index (χ0n) is 6.76. The molecule has 0 atom stereocenters. The van der Waals surface area contributed by atoms with E-state index in [0.717, 1.165) is 0 Å². The maximum absolute atomic E-state index is 11.0. The van der Waals surface area contributed by atoms with Crippen LogP contribution in [-0.2, 0) is 15.3 Å². The van der Waals surface area contributed by atoms with Crippen LogP contribution in [0.25, 0.3) is 0 Å². The number of hydrogen-bond donors (Lipinski definition) is 1. The highest BCUT2D eigenvalue weighted by Gasteiger charge is 2.17. The summed E-state index contributed by atoms with van der Waals surface area (Å²) in [5, 5.41) is 3.03. The third-order valence-electron chi connectivity index (χ3n) is 1.55. The SMILES string of the molecule is O=C(ON=S(=O)=O)N1CCNCC1. The van der Waals surface area contributed by atoms with E-state index >= 15 is 0 Å². The monoisotopic (exact) mass is 207 g/mol. The van der Waals surface area contributed by atoms with E-state index in [-0.39, 0.29) is 0 Å². The molecule has 1 heterocycles. The van der Waals surface area contributed by atoms with Crippen molar-refractivity contribution in [1.29, 1.82) is 0 Å². The normalized spacial score (nSPS) is 16.5. The quantitative estimate of drug-likeness (QED) is 0.557. The Kier molecular flexibility index (Phi) is 3.65. The molecule has 0 aliphatic carbocycles. The lowest BCUT2D eigenvalue weighted by atomic mass is 10.4. The van der Waals surface area contributed by atoms with E-state index in [1.807, 2.05) is 0 Å². The molecule has 0 unspecified atom stereocenters. The molecule has 0 aromatic heterocycles. The molecule has 1 N–H and O–H groups in total. The number of piperazine rings is 1. The Morgan fingerprint density at radius 1 is 1.38 bits per heavy atom. The van der Waals surface area contributed by atoms with E-state index in [2.05, 4.69) is 14.7 Å². The molecule has 1 amide bonds. The number of carbonyl (C=O) groups is 1. The van der Waals surface area contributed by atoms with Gasteiger partial charge in [0.1, 0.15) is 0 Å². The van der Waals surface area contributed by atoms with Gasteiger partial charge in [0.2, 0.25) is 0 Å². The van der Waals surface area contributed by atoms with E-state index in [4.69, 9.17) is 0 Å². The average Bonchev–Trinajstić information content (AvgIpc) is 2.15. The van der Waals surface area contributed by atoms with Crippen molar-refractivity contribution in [2.24, 2.45) is 4.53 Å². The molecule has 1 saturated heterocycles. The van der Waals surface area contributed by atoms with Crippen LogP contribution in [0.4, 0.5) is 4.79 Å². The van der Waals surface area contributed by atoms with Crippen molar-refractivity contribution >= 4 is 16.6 Å². The molecule has 1 aliphatic heterocycles. The Morgan fingerprint density at radius 2 is 2.00 bits per heavy atom. The summed E-state index contributed by atoms with van der Waals surface area (Å²) < 4.78 is 22.4. The fourth-order valence-corrected chi connectivity index (χ4v) is 1.09. The van der Waals surface area contributed by atoms with Gasteiger partial charge in [-0.2, -0.15) is 8.42 Å². The average molecular weight is 207 g/mol. The lowest BCUT2D eigenvalue weighted by Crippen LogP contribution is -2.46. The summed E-state index contributed by atoms with van der Waals surface area (Å²) in [6, 6.07) is 0. The first kappa shape index (κ1) is 9.93. The molecule has 1 rings (SSSR count). The predicted octanol–water partition coefficient (Wildman–Crippen LogP) is -0.994. The smallest absolute Gasteiger partial charge is 0.313 e. The van der Waals surface area contributed by atoms with Crippen LogP contribution in [0.2, 0.25) is 0 Å². The van der Waals surface area contributed by atoms with Gasteiger partial charge in [0.15, 0.2) is 0 Å². The summed E-state index contributed by atoms with van der Waals surface area (Å²) in [4.78, 5) is 16.5. The van der Waals surface area contributed by atoms with Crippen molar-refractivity contribution in [2.75, 3.05) is 26.2 Å². The number of hydrogen-bond acceptors (Lipinski definition) is 6. The Balaban J connectivity index is 2.42. The Labute approximate surface area is 76.3 Å². The van der Waals surface area contributed by atoms with Gasteiger partial charge in [0.25, 0.3) is 0 Å². The van der Waals surface area contributed by atoms with Crippen LogP contribution < -0.4 is 5.32 Å². The van der Waals surface area contributed by atoms with Gasteiger partial charge in [-0.25, -0.2) is 4.79 Å². The summed E-state index contributed by atoms with van der Waals surface area (Å²) in [5.74, 6) is 0. The van der Waals surface area contributed by atoms with Gasteiger partial charge >= 0.3 is 16.6 Å². The van der Waals surface area contributed by atoms with Crippen molar-refractivity contribution in [2.45, 2.75) is 0 Å². The first-order valence-corrected chi connectivity index (χ1v) is 4.70. The number of nitrogens with one attached hydrogen (secondary N) is 1. The highest BCUT2D eigenvalue weighted by molar-refractivity contribution is 7.61. The minimum absolute atomic E-state index is 0.500. The second-order valence-electron chi connectivity index (χ2n) is 2.39. The highest BCUT2D eigenvalue weighted by atomic mass is 32.2. The van der Waals surface area contributed by atoms with Gasteiger partial charge in [0, 0.05) is 26.2 Å². The fourth-order valence-electron chi connectivity index (χ4n) is 0.967. The molecule has 7 nitrogen and oxygen atoms in total. The lowest BCUT2D eigenvalue weighted by Gasteiger charge is -2.24. The molecule has 0 aromatic carbocycles. The summed E-state index contributed by atoms with van der Waals surface area (Å²) >= 11 is 0. The molecule has 13 heavy (non-hydrogen) atoms. The molecule has 74 valence electrons. The lowest BCUT2D eigenvalue weighted by molar-refractivity contribution is 0.102. The molecule has 1 fully saturated rings. The van der Waals surface area contributed by atoms with Crippen LogP contribution in [-0.4, -0.2) is 45.6 Å². The van der Waals surface area contributed by atoms with Gasteiger partial charge in [-0.15, -0.1) is 0 Å². The molecular formula is C5H9N3O4S. The van der Waals surface area contributed by atoms with Crippen molar-refractivity contribution in [3.05, 3.63) is 0 Å². The summed E-state index contributed by atoms with van der Waals surface area (Å²) in [5.41, 5.74) is 0. The Morgan fingerprint density at radius 3 is 2.54 bits per heavy atom. The molecule has 1 aliphatic rings. The van der Waals surface area contributed by atoms with Crippen molar-refractivity contribution in [3.8, 4) is 0 Å². The Hall–Kier alpha value is -1.15. The van der Waals surface area contributed by atoms with Crippen LogP contribution in [0.3, 0.4) is 0 Å². The van der Waals surface area contributed by atoms with Crippen LogP contribution in [0, 0.1) is 0 Å². The minimum atomic E-state index is -2.70. The van der Waals surface area contributed by atoms with Gasteiger partial charge in [0.05, 0.1) is 4.53 Å². The first-order valence-electron chi connectivity index (χ1n) is 3.67. The molecule has 0 radical (unpaired) electrons. The van der Waals surface area contributed by atoms with Crippen LogP contribution in [0.15, 0.2) is 4.53 Å². The second kappa shape index (κ2) is 4.77. The van der Waals surface area contributed by atoms with Crippen LogP contribution >= 0.6 is 0 Å². The molecule has 8 heteroatoms. The molecular weight excluding hydrogens is 198 g/mol. The van der Waals surface area contributed by atoms with Crippen LogP contribution in [0.1, 0.15) is 0 Å². The second-order valence-corrected chi connectivity index (χ2v) is 2.97. The van der Waals surface area contributed by atoms with E-state index < -0.39 is 16.6 Å². The molecule has 0 aromatic rings. The molecule has 0 saturated carbocycles. The third-order valence-corrected chi connectivity index (χ3v) is 1.75. The van der Waals surface area contributed by atoms with Crippen molar-refractivity contribution < 1.29 is 18.0 Å². The van der Waals surface area contributed by atoms with Gasteiger partial charge in [-0.3, -0.25) is 4.84 Å². The largest absolute Gasteiger partial charge is 0.437 e. The van der Waals surface area contributed by atoms with Crippen molar-refractivity contribution in [3.63, 3.8) is 0 Å². The van der Waals surface area contributed by atoms with Gasteiger partial charge < -0.3 is 10.2 Å². The van der Waals surface area contributed by atoms with E-state index in [9.17, 15) is 13.2 Å². The third kappa shape index (κ3) is 3.38. The Bertz CT molecular complexity index is 298. The van der Waals surface area contributed by atoms with E-state index in [1.165, 1.54) is 4.90 Å². The number of carbonyl (C=O) groups excluding carboxylic acids is 1. The predicted molar refractivity (Wildman–Crippen MR) is 42.3 cm³/mol. The van der Waals surface area contributed by atoms with Crippen LogP contribution in [0.5, 0.6) is 0 Å². The summed E-state index contributed by atoms with van der Waals surface area (Å²) in [6.45, 7) is 2.35.